The molecule has 16 heavy (non-hydrogen) atoms. The van der Waals surface area contributed by atoms with Crippen LogP contribution in [0.5, 0.6) is 0 Å². The third kappa shape index (κ3) is 7.19. The van der Waals surface area contributed by atoms with E-state index in [-0.39, 0.29) is 17.7 Å². The summed E-state index contributed by atoms with van der Waals surface area (Å²) in [6.07, 6.45) is 0. The van der Waals surface area contributed by atoms with Gasteiger partial charge in [-0.05, 0) is 5.41 Å². The van der Waals surface area contributed by atoms with Gasteiger partial charge in [-0.25, -0.2) is 13.1 Å². The summed E-state index contributed by atoms with van der Waals surface area (Å²) >= 11 is 3.03. The van der Waals surface area contributed by atoms with Crippen molar-refractivity contribution >= 4 is 31.9 Å². The number of esters is 1. The van der Waals surface area contributed by atoms with Crippen molar-refractivity contribution in [2.45, 2.75) is 25.6 Å². The van der Waals surface area contributed by atoms with Gasteiger partial charge in [0.25, 0.3) is 0 Å². The molecule has 1 unspecified atom stereocenters. The summed E-state index contributed by atoms with van der Waals surface area (Å²) in [5, 5.41) is 0. The lowest BCUT2D eigenvalue weighted by Crippen LogP contribution is -2.38. The molecule has 0 aliphatic rings. The average Bonchev–Trinajstić information content (AvgIpc) is 2.09. The Balaban J connectivity index is 4.25. The molecule has 0 aromatic heterocycles. The monoisotopic (exact) mass is 315 g/mol. The lowest BCUT2D eigenvalue weighted by atomic mass is 10.0. The van der Waals surface area contributed by atoms with Gasteiger partial charge in [0.1, 0.15) is 4.83 Å². The number of hydrogen-bond donors (Lipinski definition) is 1. The van der Waals surface area contributed by atoms with Gasteiger partial charge >= 0.3 is 5.97 Å². The number of rotatable bonds is 5. The van der Waals surface area contributed by atoms with Gasteiger partial charge < -0.3 is 4.74 Å². The quantitative estimate of drug-likeness (QED) is 0.604. The highest BCUT2D eigenvalue weighted by atomic mass is 79.9. The third-order valence-corrected chi connectivity index (χ3v) is 4.11. The zero-order chi connectivity index (χ0) is 13.0. The fourth-order valence-electron chi connectivity index (χ4n) is 1.03. The Morgan fingerprint density at radius 1 is 1.44 bits per heavy atom. The predicted molar refractivity (Wildman–Crippen MR) is 66.0 cm³/mol. The number of nitrogens with one attached hydrogen (secondary N) is 1. The summed E-state index contributed by atoms with van der Waals surface area (Å²) in [6, 6.07) is 0. The molecule has 0 aliphatic heterocycles. The number of carbonyl (C=O) groups is 1. The van der Waals surface area contributed by atoms with Gasteiger partial charge in [-0.1, -0.05) is 36.7 Å². The molecule has 1 atom stereocenters. The van der Waals surface area contributed by atoms with Crippen LogP contribution in [0.25, 0.3) is 0 Å². The summed E-state index contributed by atoms with van der Waals surface area (Å²) in [4.78, 5) is 10.4. The van der Waals surface area contributed by atoms with Crippen molar-refractivity contribution in [1.29, 1.82) is 0 Å². The number of sulfonamides is 1. The van der Waals surface area contributed by atoms with E-state index in [2.05, 4.69) is 25.4 Å². The Hall–Kier alpha value is -0.140. The van der Waals surface area contributed by atoms with Crippen molar-refractivity contribution < 1.29 is 17.9 Å². The van der Waals surface area contributed by atoms with Crippen LogP contribution in [0.2, 0.25) is 0 Å². The van der Waals surface area contributed by atoms with Gasteiger partial charge in [-0.15, -0.1) is 0 Å². The number of halogens is 1. The smallest absolute Gasteiger partial charge is 0.320 e. The van der Waals surface area contributed by atoms with E-state index >= 15 is 0 Å². The molecular weight excluding hydrogens is 298 g/mol. The fraction of sp³-hybridized carbons (Fsp3) is 0.889. The van der Waals surface area contributed by atoms with Crippen LogP contribution in [0.4, 0.5) is 0 Å². The standard InChI is InChI=1S/C9H18BrNO4S/c1-9(2,3)6-16(13,14)11-5-7(10)8(12)15-4/h7,11H,5-6H2,1-4H3. The third-order valence-electron chi connectivity index (χ3n) is 1.56. The van der Waals surface area contributed by atoms with E-state index in [9.17, 15) is 13.2 Å². The van der Waals surface area contributed by atoms with Crippen molar-refractivity contribution in [1.82, 2.24) is 4.72 Å². The second kappa shape index (κ2) is 5.97. The Morgan fingerprint density at radius 3 is 2.31 bits per heavy atom. The molecule has 0 radical (unpaired) electrons. The highest BCUT2D eigenvalue weighted by Crippen LogP contribution is 2.15. The van der Waals surface area contributed by atoms with E-state index in [1.165, 1.54) is 7.11 Å². The zero-order valence-corrected chi connectivity index (χ0v) is 12.3. The van der Waals surface area contributed by atoms with Gasteiger partial charge in [0.2, 0.25) is 10.0 Å². The molecule has 7 heteroatoms. The topological polar surface area (TPSA) is 72.5 Å². The first kappa shape index (κ1) is 15.9. The van der Waals surface area contributed by atoms with Crippen molar-refractivity contribution in [3.8, 4) is 0 Å². The Labute approximate surface area is 105 Å². The van der Waals surface area contributed by atoms with Crippen molar-refractivity contribution in [3.05, 3.63) is 0 Å². The molecule has 5 nitrogen and oxygen atoms in total. The van der Waals surface area contributed by atoms with Crippen LogP contribution in [0.15, 0.2) is 0 Å². The van der Waals surface area contributed by atoms with E-state index < -0.39 is 20.8 Å². The van der Waals surface area contributed by atoms with E-state index in [0.29, 0.717) is 0 Å². The lowest BCUT2D eigenvalue weighted by molar-refractivity contribution is -0.139. The molecule has 0 heterocycles. The molecule has 0 aliphatic carbocycles. The van der Waals surface area contributed by atoms with Crippen LogP contribution >= 0.6 is 15.9 Å². The molecule has 0 saturated heterocycles. The number of hydrogen-bond acceptors (Lipinski definition) is 4. The fourth-order valence-corrected chi connectivity index (χ4v) is 3.26. The summed E-state index contributed by atoms with van der Waals surface area (Å²) in [5.74, 6) is -0.487. The summed E-state index contributed by atoms with van der Waals surface area (Å²) in [5.41, 5.74) is -0.321. The zero-order valence-electron chi connectivity index (χ0n) is 9.91. The van der Waals surface area contributed by atoms with Crippen molar-refractivity contribution in [3.63, 3.8) is 0 Å². The number of methoxy groups -OCH3 is 1. The molecule has 0 amide bonds. The number of carbonyl (C=O) groups excluding carboxylic acids is 1. The SMILES string of the molecule is COC(=O)C(Br)CNS(=O)(=O)CC(C)(C)C. The highest BCUT2D eigenvalue weighted by molar-refractivity contribution is 9.10. The van der Waals surface area contributed by atoms with E-state index in [4.69, 9.17) is 0 Å². The van der Waals surface area contributed by atoms with Gasteiger partial charge in [0.05, 0.1) is 12.9 Å². The first-order valence-electron chi connectivity index (χ1n) is 4.76. The molecule has 0 aromatic rings. The normalized spacial score (nSPS) is 14.6. The predicted octanol–water partition coefficient (Wildman–Crippen LogP) is 0.888. The average molecular weight is 316 g/mol. The molecule has 0 spiro atoms. The number of ether oxygens (including phenoxy) is 1. The molecular formula is C9H18BrNO4S. The molecule has 0 aromatic carbocycles. The summed E-state index contributed by atoms with van der Waals surface area (Å²) in [7, 11) is -2.11. The molecule has 0 fully saturated rings. The van der Waals surface area contributed by atoms with Gasteiger partial charge in [-0.2, -0.15) is 0 Å². The largest absolute Gasteiger partial charge is 0.468 e. The van der Waals surface area contributed by atoms with Crippen molar-refractivity contribution in [2.24, 2.45) is 5.41 Å². The molecule has 0 bridgehead atoms. The van der Waals surface area contributed by atoms with Gasteiger partial charge in [0, 0.05) is 6.54 Å². The minimum Gasteiger partial charge on any atom is -0.468 e. The highest BCUT2D eigenvalue weighted by Gasteiger charge is 2.23. The van der Waals surface area contributed by atoms with E-state index in [1.807, 2.05) is 20.8 Å². The van der Waals surface area contributed by atoms with Gasteiger partial charge in [0.15, 0.2) is 0 Å². The van der Waals surface area contributed by atoms with Crippen LogP contribution in [0.1, 0.15) is 20.8 Å². The van der Waals surface area contributed by atoms with E-state index in [0.717, 1.165) is 0 Å². The molecule has 96 valence electrons. The molecule has 1 N–H and O–H groups in total. The van der Waals surface area contributed by atoms with Gasteiger partial charge in [-0.3, -0.25) is 4.79 Å². The minimum atomic E-state index is -3.36. The van der Waals surface area contributed by atoms with Crippen LogP contribution in [0.3, 0.4) is 0 Å². The Bertz CT molecular complexity index is 334. The Morgan fingerprint density at radius 2 is 1.94 bits per heavy atom. The molecule has 0 rings (SSSR count). The summed E-state index contributed by atoms with van der Waals surface area (Å²) in [6.45, 7) is 5.49. The maximum absolute atomic E-state index is 11.6. The van der Waals surface area contributed by atoms with Crippen LogP contribution in [-0.4, -0.2) is 38.6 Å². The van der Waals surface area contributed by atoms with Crippen LogP contribution in [0, 0.1) is 5.41 Å². The second-order valence-electron chi connectivity index (χ2n) is 4.66. The first-order chi connectivity index (χ1) is 7.07. The lowest BCUT2D eigenvalue weighted by Gasteiger charge is -2.18. The van der Waals surface area contributed by atoms with E-state index in [1.54, 1.807) is 0 Å². The van der Waals surface area contributed by atoms with Crippen molar-refractivity contribution in [2.75, 3.05) is 19.4 Å². The second-order valence-corrected chi connectivity index (χ2v) is 7.57. The molecule has 0 saturated carbocycles. The maximum atomic E-state index is 11.6. The van der Waals surface area contributed by atoms with Crippen LogP contribution < -0.4 is 4.72 Å². The van der Waals surface area contributed by atoms with Crippen LogP contribution in [-0.2, 0) is 19.6 Å². The summed E-state index contributed by atoms with van der Waals surface area (Å²) < 4.78 is 30.0. The first-order valence-corrected chi connectivity index (χ1v) is 7.33. The maximum Gasteiger partial charge on any atom is 0.320 e. The Kier molecular flexibility index (Phi) is 5.92. The number of alkyl halides is 1. The minimum absolute atomic E-state index is 0.00884.